The highest BCUT2D eigenvalue weighted by molar-refractivity contribution is 6.34. The molecule has 4 aromatic rings. The molecule has 0 saturated heterocycles. The summed E-state index contributed by atoms with van der Waals surface area (Å²) in [5, 5.41) is 13.6. The molecule has 2 aromatic carbocycles. The van der Waals surface area contributed by atoms with E-state index < -0.39 is 59.1 Å². The Kier molecular flexibility index (Phi) is 11.4. The summed E-state index contributed by atoms with van der Waals surface area (Å²) in [6.07, 6.45) is -4.89. The van der Waals surface area contributed by atoms with E-state index in [1.165, 1.54) is 7.05 Å². The third-order valence-electron chi connectivity index (χ3n) is 7.20. The molecule has 0 bridgehead atoms. The molecule has 1 atom stereocenters. The number of hydrogen-bond acceptors (Lipinski definition) is 4. The summed E-state index contributed by atoms with van der Waals surface area (Å²) in [6, 6.07) is 9.01. The van der Waals surface area contributed by atoms with Crippen molar-refractivity contribution in [2.45, 2.75) is 44.2 Å². The molecular weight excluding hydrogens is 737 g/mol. The van der Waals surface area contributed by atoms with Crippen molar-refractivity contribution in [3.8, 4) is 0 Å². The minimum Gasteiger partial charge on any atom is -0.345 e. The van der Waals surface area contributed by atoms with E-state index in [9.17, 15) is 31.5 Å². The van der Waals surface area contributed by atoms with Crippen LogP contribution < -0.4 is 10.6 Å². The summed E-state index contributed by atoms with van der Waals surface area (Å²) in [7, 11) is 2.53. The summed E-state index contributed by atoms with van der Waals surface area (Å²) in [6.45, 7) is 1.65. The summed E-state index contributed by atoms with van der Waals surface area (Å²) in [4.78, 5) is 24.7. The van der Waals surface area contributed by atoms with Gasteiger partial charge in [-0.05, 0) is 67.3 Å². The lowest BCUT2D eigenvalue weighted by Crippen LogP contribution is -2.36. The van der Waals surface area contributed by atoms with Crippen LogP contribution in [0, 0.1) is 5.95 Å². The number of carbonyl (C=O) groups is 2. The fourth-order valence-corrected chi connectivity index (χ4v) is 5.85. The van der Waals surface area contributed by atoms with E-state index in [0.717, 1.165) is 11.7 Å². The molecule has 1 aliphatic rings. The van der Waals surface area contributed by atoms with Gasteiger partial charge in [0.2, 0.25) is 5.95 Å². The maximum Gasteiger partial charge on any atom is 0.283 e. The van der Waals surface area contributed by atoms with Gasteiger partial charge in [0.05, 0.1) is 11.6 Å². The highest BCUT2D eigenvalue weighted by Crippen LogP contribution is 2.49. The zero-order chi connectivity index (χ0) is 35.0. The number of benzene rings is 2. The molecule has 5 rings (SSSR count). The van der Waals surface area contributed by atoms with Gasteiger partial charge in [-0.2, -0.15) is 14.6 Å². The molecule has 18 heteroatoms. The highest BCUT2D eigenvalue weighted by Gasteiger charge is 2.48. The Labute approximate surface area is 290 Å². The first kappa shape index (κ1) is 36.7. The second-order valence-corrected chi connectivity index (χ2v) is 12.5. The lowest BCUT2D eigenvalue weighted by Gasteiger charge is -2.19. The van der Waals surface area contributed by atoms with Crippen LogP contribution in [0.25, 0.3) is 0 Å². The maximum absolute atomic E-state index is 14.0. The Morgan fingerprint density at radius 3 is 1.91 bits per heavy atom. The summed E-state index contributed by atoms with van der Waals surface area (Å²) in [5.41, 5.74) is -2.36. The fraction of sp³-hybridized carbons (Fsp3) is 0.310. The standard InChI is InChI=1S/C15H12Cl2F3N3O.C14H12Cl3F2N3O/c1-23-13(20)10(11(22-23)12(18)19)14(24)21-15(4-5-15)8-6-7(16)2-3-9(8)17;1-6(8-5-7(15)3-4-9(8)16)20-14(23)10-11(13(18)19)21-22(2)12(10)17/h2-3,6,12H,4-5H2,1H3,(H,21,24);3-6,13H,1-2H3,(H,20,23). The Morgan fingerprint density at radius 1 is 0.809 bits per heavy atom. The number of aryl methyl sites for hydroxylation is 2. The number of hydrogen-bond donors (Lipinski definition) is 2. The van der Waals surface area contributed by atoms with Gasteiger partial charge in [-0.3, -0.25) is 14.3 Å². The van der Waals surface area contributed by atoms with Gasteiger partial charge in [0.1, 0.15) is 27.7 Å². The van der Waals surface area contributed by atoms with Gasteiger partial charge in [-0.15, -0.1) is 0 Å². The first-order valence-corrected chi connectivity index (χ1v) is 15.4. The molecule has 0 radical (unpaired) electrons. The first-order valence-electron chi connectivity index (χ1n) is 13.5. The summed E-state index contributed by atoms with van der Waals surface area (Å²) >= 11 is 30.0. The van der Waals surface area contributed by atoms with E-state index in [-0.39, 0.29) is 10.7 Å². The number of nitrogens with zero attached hydrogens (tertiary/aromatic N) is 4. The SMILES string of the molecule is CC(NC(=O)c1c(C(F)F)nn(C)c1Cl)c1cc(Cl)ccc1Cl.Cn1nc(C(F)F)c(C(=O)NC2(c3cc(Cl)ccc3Cl)CC2)c1F. The predicted molar refractivity (Wildman–Crippen MR) is 168 cm³/mol. The topological polar surface area (TPSA) is 93.8 Å². The Bertz CT molecular complexity index is 1830. The van der Waals surface area contributed by atoms with E-state index in [0.29, 0.717) is 48.7 Å². The fourth-order valence-electron chi connectivity index (χ4n) is 4.70. The van der Waals surface area contributed by atoms with Gasteiger partial charge in [-0.1, -0.05) is 58.0 Å². The minimum atomic E-state index is -3.06. The van der Waals surface area contributed by atoms with E-state index in [4.69, 9.17) is 58.0 Å². The van der Waals surface area contributed by atoms with Crippen LogP contribution in [0.5, 0.6) is 0 Å². The minimum absolute atomic E-state index is 0.165. The molecule has 2 aromatic heterocycles. The molecular formula is C29H24Cl5F5N6O2. The van der Waals surface area contributed by atoms with Crippen LogP contribution in [0.3, 0.4) is 0 Å². The Hall–Kier alpha value is -3.10. The van der Waals surface area contributed by atoms with E-state index in [2.05, 4.69) is 20.8 Å². The number of alkyl halides is 4. The summed E-state index contributed by atoms with van der Waals surface area (Å²) < 4.78 is 67.7. The van der Waals surface area contributed by atoms with Crippen LogP contribution in [0.15, 0.2) is 36.4 Å². The quantitative estimate of drug-likeness (QED) is 0.175. The molecule has 2 amide bonds. The van der Waals surface area contributed by atoms with E-state index in [1.807, 2.05) is 0 Å². The third-order valence-corrected chi connectivity index (χ3v) is 8.77. The van der Waals surface area contributed by atoms with Crippen LogP contribution in [0.4, 0.5) is 22.0 Å². The normalized spacial score (nSPS) is 14.1. The number of carbonyl (C=O) groups excluding carboxylic acids is 2. The predicted octanol–water partition coefficient (Wildman–Crippen LogP) is 9.03. The van der Waals surface area contributed by atoms with Gasteiger partial charge in [0.15, 0.2) is 0 Å². The molecule has 1 aliphatic carbocycles. The average Bonchev–Trinajstić information content (AvgIpc) is 3.62. The van der Waals surface area contributed by atoms with Gasteiger partial charge in [0.25, 0.3) is 24.7 Å². The zero-order valence-corrected chi connectivity index (χ0v) is 28.3. The average molecular weight is 761 g/mol. The van der Waals surface area contributed by atoms with Gasteiger partial charge in [0, 0.05) is 34.2 Å². The van der Waals surface area contributed by atoms with Crippen molar-refractivity contribution in [3.05, 3.63) is 101 Å². The second-order valence-electron chi connectivity index (χ2n) is 10.5. The number of rotatable bonds is 8. The zero-order valence-electron chi connectivity index (χ0n) is 24.5. The molecule has 0 aliphatic heterocycles. The molecule has 2 N–H and O–H groups in total. The molecule has 1 unspecified atom stereocenters. The molecule has 2 heterocycles. The molecule has 252 valence electrons. The van der Waals surface area contributed by atoms with E-state index >= 15 is 0 Å². The Balaban J connectivity index is 0.000000213. The van der Waals surface area contributed by atoms with Crippen molar-refractivity contribution in [2.75, 3.05) is 0 Å². The Morgan fingerprint density at radius 2 is 1.34 bits per heavy atom. The van der Waals surface area contributed by atoms with Crippen LogP contribution in [0.2, 0.25) is 25.2 Å². The number of amides is 2. The molecule has 47 heavy (non-hydrogen) atoms. The van der Waals surface area contributed by atoms with Crippen molar-refractivity contribution in [3.63, 3.8) is 0 Å². The summed E-state index contributed by atoms with van der Waals surface area (Å²) in [5.74, 6) is -2.83. The van der Waals surface area contributed by atoms with Crippen LogP contribution in [-0.4, -0.2) is 31.4 Å². The monoisotopic (exact) mass is 758 g/mol. The smallest absolute Gasteiger partial charge is 0.283 e. The van der Waals surface area contributed by atoms with Crippen LogP contribution in [0.1, 0.15) is 81.9 Å². The van der Waals surface area contributed by atoms with Crippen molar-refractivity contribution in [2.24, 2.45) is 14.1 Å². The van der Waals surface area contributed by atoms with Gasteiger partial charge in [-0.25, -0.2) is 22.2 Å². The second kappa shape index (κ2) is 14.6. The van der Waals surface area contributed by atoms with Crippen molar-refractivity contribution in [1.29, 1.82) is 0 Å². The number of aromatic nitrogens is 4. The van der Waals surface area contributed by atoms with Crippen molar-refractivity contribution >= 4 is 69.8 Å². The molecule has 1 fully saturated rings. The van der Waals surface area contributed by atoms with Crippen LogP contribution >= 0.6 is 58.0 Å². The molecule has 1 saturated carbocycles. The number of halogens is 10. The van der Waals surface area contributed by atoms with Gasteiger partial charge < -0.3 is 10.6 Å². The number of nitrogens with one attached hydrogen (secondary N) is 2. The third kappa shape index (κ3) is 7.97. The molecule has 0 spiro atoms. The maximum atomic E-state index is 14.0. The lowest BCUT2D eigenvalue weighted by atomic mass is 10.0. The highest BCUT2D eigenvalue weighted by atomic mass is 35.5. The van der Waals surface area contributed by atoms with Crippen LogP contribution in [-0.2, 0) is 19.6 Å². The van der Waals surface area contributed by atoms with Crippen molar-refractivity contribution < 1.29 is 31.5 Å². The van der Waals surface area contributed by atoms with E-state index in [1.54, 1.807) is 43.3 Å². The lowest BCUT2D eigenvalue weighted by molar-refractivity contribution is 0.0909. The molecule has 8 nitrogen and oxygen atoms in total. The largest absolute Gasteiger partial charge is 0.345 e. The van der Waals surface area contributed by atoms with Gasteiger partial charge >= 0.3 is 0 Å². The first-order chi connectivity index (χ1) is 22.0. The van der Waals surface area contributed by atoms with Crippen molar-refractivity contribution in [1.82, 2.24) is 30.2 Å².